The van der Waals surface area contributed by atoms with E-state index in [4.69, 9.17) is 0 Å². The van der Waals surface area contributed by atoms with Gasteiger partial charge in [-0.25, -0.2) is 4.74 Å². The molecule has 2 nitrogen and oxygen atoms in total. The Balaban J connectivity index is 2.51. The summed E-state index contributed by atoms with van der Waals surface area (Å²) >= 11 is 0. The Hall–Kier alpha value is -1.31. The van der Waals surface area contributed by atoms with Crippen molar-refractivity contribution in [2.45, 2.75) is 6.42 Å². The Kier molecular flexibility index (Phi) is 1.39. The van der Waals surface area contributed by atoms with Gasteiger partial charge < -0.3 is 5.21 Å². The van der Waals surface area contributed by atoms with Crippen LogP contribution in [0, 0.1) is 5.21 Å². The zero-order valence-electron chi connectivity index (χ0n) is 6.16. The summed E-state index contributed by atoms with van der Waals surface area (Å²) in [5.74, 6) is 0. The van der Waals surface area contributed by atoms with E-state index in [9.17, 15) is 5.21 Å². The van der Waals surface area contributed by atoms with E-state index >= 15 is 0 Å². The molecule has 1 aromatic rings. The van der Waals surface area contributed by atoms with E-state index in [1.165, 1.54) is 5.56 Å². The van der Waals surface area contributed by atoms with Crippen LogP contribution in [0.1, 0.15) is 11.1 Å². The fourth-order valence-corrected chi connectivity index (χ4v) is 1.34. The van der Waals surface area contributed by atoms with Gasteiger partial charge in [-0.05, 0) is 11.6 Å². The molecule has 0 atom stereocenters. The van der Waals surface area contributed by atoms with Gasteiger partial charge in [0.15, 0.2) is 12.8 Å². The van der Waals surface area contributed by atoms with Gasteiger partial charge in [0.05, 0.1) is 0 Å². The summed E-state index contributed by atoms with van der Waals surface area (Å²) in [5.41, 5.74) is 2.34. The molecule has 2 heteroatoms. The molecule has 0 saturated heterocycles. The molecule has 0 bridgehead atoms. The van der Waals surface area contributed by atoms with Crippen molar-refractivity contribution in [3.8, 4) is 0 Å². The minimum Gasteiger partial charge on any atom is -0.624 e. The topological polar surface area (TPSA) is 26.1 Å². The van der Waals surface area contributed by atoms with Crippen LogP contribution >= 0.6 is 0 Å². The molecule has 0 aromatic heterocycles. The van der Waals surface area contributed by atoms with Crippen LogP contribution in [0.4, 0.5) is 0 Å². The van der Waals surface area contributed by atoms with Gasteiger partial charge in [-0.1, -0.05) is 18.2 Å². The van der Waals surface area contributed by atoms with Gasteiger partial charge in [0.2, 0.25) is 0 Å². The van der Waals surface area contributed by atoms with Crippen LogP contribution in [0.15, 0.2) is 24.3 Å². The minimum atomic E-state index is 0.594. The van der Waals surface area contributed by atoms with Crippen molar-refractivity contribution in [3.63, 3.8) is 0 Å². The van der Waals surface area contributed by atoms with Crippen molar-refractivity contribution in [2.24, 2.45) is 0 Å². The summed E-state index contributed by atoms with van der Waals surface area (Å²) in [6, 6.07) is 8.00. The Morgan fingerprint density at radius 2 is 2.09 bits per heavy atom. The van der Waals surface area contributed by atoms with E-state index in [1.54, 1.807) is 6.21 Å². The smallest absolute Gasteiger partial charge is 0.182 e. The molecule has 2 rings (SSSR count). The third kappa shape index (κ3) is 1.11. The third-order valence-corrected chi connectivity index (χ3v) is 1.94. The molecule has 1 heterocycles. The average Bonchev–Trinajstić information content (AvgIpc) is 2.04. The summed E-state index contributed by atoms with van der Waals surface area (Å²) in [4.78, 5) is 0. The highest BCUT2D eigenvalue weighted by atomic mass is 16.5. The molecule has 0 unspecified atom stereocenters. The normalized spacial score (nSPS) is 15.5. The number of hydroxylamine groups is 1. The largest absolute Gasteiger partial charge is 0.624 e. The lowest BCUT2D eigenvalue weighted by Crippen LogP contribution is -2.16. The molecule has 0 spiro atoms. The standard InChI is InChI=1S/C9H9NO/c11-10-6-5-8-3-1-2-4-9(8)7-10/h1-4,7H,5-6H2. The van der Waals surface area contributed by atoms with Crippen molar-refractivity contribution >= 4 is 6.21 Å². The van der Waals surface area contributed by atoms with Crippen LogP contribution in [0.25, 0.3) is 0 Å². The van der Waals surface area contributed by atoms with Gasteiger partial charge >= 0.3 is 0 Å². The molecule has 0 amide bonds. The Morgan fingerprint density at radius 1 is 1.27 bits per heavy atom. The summed E-state index contributed by atoms with van der Waals surface area (Å²) < 4.78 is 0.988. The second-order valence-electron chi connectivity index (χ2n) is 2.72. The molecule has 0 fully saturated rings. The third-order valence-electron chi connectivity index (χ3n) is 1.94. The summed E-state index contributed by atoms with van der Waals surface area (Å²) in [7, 11) is 0. The fraction of sp³-hybridized carbons (Fsp3) is 0.222. The highest BCUT2D eigenvalue weighted by Crippen LogP contribution is 2.10. The maximum atomic E-state index is 10.9. The first-order chi connectivity index (χ1) is 5.36. The zero-order valence-corrected chi connectivity index (χ0v) is 6.16. The van der Waals surface area contributed by atoms with E-state index in [0.717, 1.165) is 16.7 Å². The fourth-order valence-electron chi connectivity index (χ4n) is 1.34. The second-order valence-corrected chi connectivity index (χ2v) is 2.72. The van der Waals surface area contributed by atoms with Crippen LogP contribution in [-0.4, -0.2) is 17.5 Å². The SMILES string of the molecule is [O-][N+]1=Cc2ccccc2CC1. The highest BCUT2D eigenvalue weighted by molar-refractivity contribution is 5.78. The van der Waals surface area contributed by atoms with E-state index in [2.05, 4.69) is 6.07 Å². The lowest BCUT2D eigenvalue weighted by molar-refractivity contribution is -0.453. The summed E-state index contributed by atoms with van der Waals surface area (Å²) in [6.07, 6.45) is 2.52. The number of fused-ring (bicyclic) bond motifs is 1. The molecule has 56 valence electrons. The number of hydrogen-bond donors (Lipinski definition) is 0. The summed E-state index contributed by atoms with van der Waals surface area (Å²) in [6.45, 7) is 0.594. The molecule has 1 aromatic carbocycles. The van der Waals surface area contributed by atoms with E-state index in [-0.39, 0.29) is 0 Å². The first-order valence-electron chi connectivity index (χ1n) is 3.73. The van der Waals surface area contributed by atoms with Crippen LogP contribution in [-0.2, 0) is 6.42 Å². The number of nitrogens with zero attached hydrogens (tertiary/aromatic N) is 1. The predicted molar refractivity (Wildman–Crippen MR) is 43.8 cm³/mol. The molecule has 0 aliphatic carbocycles. The van der Waals surface area contributed by atoms with Crippen LogP contribution in [0.2, 0.25) is 0 Å². The van der Waals surface area contributed by atoms with Crippen molar-refractivity contribution in [2.75, 3.05) is 6.54 Å². The Bertz CT molecular complexity index is 304. The number of hydrogen-bond acceptors (Lipinski definition) is 1. The van der Waals surface area contributed by atoms with Gasteiger partial charge in [0.1, 0.15) is 0 Å². The van der Waals surface area contributed by atoms with Crippen LogP contribution in [0.3, 0.4) is 0 Å². The van der Waals surface area contributed by atoms with Gasteiger partial charge in [0, 0.05) is 12.0 Å². The average molecular weight is 147 g/mol. The zero-order chi connectivity index (χ0) is 7.68. The van der Waals surface area contributed by atoms with Crippen LogP contribution in [0.5, 0.6) is 0 Å². The first kappa shape index (κ1) is 6.40. The maximum absolute atomic E-state index is 10.9. The van der Waals surface area contributed by atoms with E-state index < -0.39 is 0 Å². The van der Waals surface area contributed by atoms with E-state index in [0.29, 0.717) is 6.54 Å². The monoisotopic (exact) mass is 147 g/mol. The van der Waals surface area contributed by atoms with E-state index in [1.807, 2.05) is 18.2 Å². The maximum Gasteiger partial charge on any atom is 0.182 e. The first-order valence-corrected chi connectivity index (χ1v) is 3.73. The van der Waals surface area contributed by atoms with Gasteiger partial charge in [-0.3, -0.25) is 0 Å². The van der Waals surface area contributed by atoms with Crippen molar-refractivity contribution in [1.82, 2.24) is 0 Å². The number of benzene rings is 1. The second kappa shape index (κ2) is 2.38. The molecule has 0 radical (unpaired) electrons. The lowest BCUT2D eigenvalue weighted by Gasteiger charge is -2.11. The molecule has 1 aliphatic rings. The molecule has 0 saturated carbocycles. The highest BCUT2D eigenvalue weighted by Gasteiger charge is 2.09. The minimum absolute atomic E-state index is 0.594. The van der Waals surface area contributed by atoms with Crippen LogP contribution < -0.4 is 0 Å². The van der Waals surface area contributed by atoms with Crippen molar-refractivity contribution < 1.29 is 4.74 Å². The molecular formula is C9H9NO. The van der Waals surface area contributed by atoms with Gasteiger partial charge in [0.25, 0.3) is 0 Å². The quantitative estimate of drug-likeness (QED) is 0.399. The molecule has 11 heavy (non-hydrogen) atoms. The predicted octanol–water partition coefficient (Wildman–Crippen LogP) is 1.17. The van der Waals surface area contributed by atoms with Crippen molar-refractivity contribution in [3.05, 3.63) is 40.6 Å². The lowest BCUT2D eigenvalue weighted by atomic mass is 10.0. The van der Waals surface area contributed by atoms with Gasteiger partial charge in [-0.2, -0.15) is 0 Å². The Morgan fingerprint density at radius 3 is 3.00 bits per heavy atom. The summed E-state index contributed by atoms with van der Waals surface area (Å²) in [5, 5.41) is 10.9. The molecular weight excluding hydrogens is 138 g/mol. The molecule has 0 N–H and O–H groups in total. The molecule has 1 aliphatic heterocycles. The Labute approximate surface area is 65.4 Å². The van der Waals surface area contributed by atoms with Crippen molar-refractivity contribution in [1.29, 1.82) is 0 Å². The number of rotatable bonds is 0. The van der Waals surface area contributed by atoms with Gasteiger partial charge in [-0.15, -0.1) is 0 Å².